The van der Waals surface area contributed by atoms with Crippen LogP contribution in [0.4, 0.5) is 13.2 Å². The van der Waals surface area contributed by atoms with Gasteiger partial charge in [0.2, 0.25) is 0 Å². The number of benzene rings is 1. The molecule has 0 saturated heterocycles. The lowest BCUT2D eigenvalue weighted by Gasteiger charge is -2.18. The number of hydrogen-bond donors (Lipinski definition) is 1. The Balaban J connectivity index is 2.44. The quantitative estimate of drug-likeness (QED) is 0.660. The molecule has 1 atom stereocenters. The molecule has 2 rings (SSSR count). The van der Waals surface area contributed by atoms with Gasteiger partial charge < -0.3 is 5.32 Å². The van der Waals surface area contributed by atoms with Crippen LogP contribution in [0.1, 0.15) is 28.4 Å². The number of rotatable bonds is 4. The maximum atomic E-state index is 12.7. The molecule has 1 heterocycles. The Morgan fingerprint density at radius 2 is 2.14 bits per heavy atom. The SMILES string of the molecule is CCNC(c1cnc(C(F)(F)F)s1)c1cc(Cl)ccc1I. The van der Waals surface area contributed by atoms with Gasteiger partial charge in [0.05, 0.1) is 6.04 Å². The predicted octanol–water partition coefficient (Wildman–Crippen LogP) is 5.12. The van der Waals surface area contributed by atoms with Crippen LogP contribution >= 0.6 is 45.5 Å². The normalized spacial score (nSPS) is 13.4. The average molecular weight is 447 g/mol. The molecule has 0 fully saturated rings. The number of aromatic nitrogens is 1. The van der Waals surface area contributed by atoms with Crippen LogP contribution in [0.15, 0.2) is 24.4 Å². The molecule has 114 valence electrons. The van der Waals surface area contributed by atoms with Crippen molar-refractivity contribution in [3.05, 3.63) is 48.4 Å². The van der Waals surface area contributed by atoms with Crippen molar-refractivity contribution in [1.29, 1.82) is 0 Å². The maximum absolute atomic E-state index is 12.7. The third-order valence-corrected chi connectivity index (χ3v) is 5.05. The minimum atomic E-state index is -4.42. The summed E-state index contributed by atoms with van der Waals surface area (Å²) < 4.78 is 39.0. The van der Waals surface area contributed by atoms with E-state index in [-0.39, 0.29) is 6.04 Å². The molecule has 0 aliphatic heterocycles. The molecule has 1 aromatic heterocycles. The van der Waals surface area contributed by atoms with Gasteiger partial charge in [-0.3, -0.25) is 0 Å². The predicted molar refractivity (Wildman–Crippen MR) is 86.8 cm³/mol. The molecule has 0 amide bonds. The third kappa shape index (κ3) is 4.08. The van der Waals surface area contributed by atoms with Gasteiger partial charge in [-0.15, -0.1) is 11.3 Å². The number of nitrogens with zero attached hydrogens (tertiary/aromatic N) is 1. The molecule has 0 bridgehead atoms. The molecule has 1 N–H and O–H groups in total. The molecule has 2 nitrogen and oxygen atoms in total. The number of alkyl halides is 3. The van der Waals surface area contributed by atoms with Crippen LogP contribution < -0.4 is 5.32 Å². The number of hydrogen-bond acceptors (Lipinski definition) is 3. The van der Waals surface area contributed by atoms with Crippen molar-refractivity contribution >= 4 is 45.5 Å². The molecular formula is C13H11ClF3IN2S. The topological polar surface area (TPSA) is 24.9 Å². The fraction of sp³-hybridized carbons (Fsp3) is 0.308. The van der Waals surface area contributed by atoms with Crippen molar-refractivity contribution in [3.63, 3.8) is 0 Å². The van der Waals surface area contributed by atoms with E-state index in [1.54, 1.807) is 12.1 Å². The Kier molecular flexibility index (Phi) is 5.50. The smallest absolute Gasteiger partial charge is 0.306 e. The lowest BCUT2D eigenvalue weighted by molar-refractivity contribution is -0.137. The molecule has 0 aliphatic carbocycles. The highest BCUT2D eigenvalue weighted by Gasteiger charge is 2.35. The maximum Gasteiger partial charge on any atom is 0.443 e. The van der Waals surface area contributed by atoms with Crippen molar-refractivity contribution in [3.8, 4) is 0 Å². The summed E-state index contributed by atoms with van der Waals surface area (Å²) in [6.45, 7) is 2.52. The zero-order chi connectivity index (χ0) is 15.6. The van der Waals surface area contributed by atoms with Crippen LogP contribution in [0, 0.1) is 3.57 Å². The Hall–Kier alpha value is -0.380. The van der Waals surface area contributed by atoms with Crippen molar-refractivity contribution in [2.24, 2.45) is 0 Å². The Morgan fingerprint density at radius 3 is 2.71 bits per heavy atom. The summed E-state index contributed by atoms with van der Waals surface area (Å²) in [5, 5.41) is 2.90. The number of halogens is 5. The molecule has 0 radical (unpaired) electrons. The monoisotopic (exact) mass is 446 g/mol. The second-order valence-electron chi connectivity index (χ2n) is 4.22. The zero-order valence-corrected chi connectivity index (χ0v) is 14.6. The fourth-order valence-electron chi connectivity index (χ4n) is 1.85. The first-order valence-corrected chi connectivity index (χ1v) is 8.31. The first-order valence-electron chi connectivity index (χ1n) is 6.04. The van der Waals surface area contributed by atoms with E-state index in [1.807, 2.05) is 13.0 Å². The average Bonchev–Trinajstić information content (AvgIpc) is 2.88. The van der Waals surface area contributed by atoms with Crippen LogP contribution in [-0.2, 0) is 6.18 Å². The summed E-state index contributed by atoms with van der Waals surface area (Å²) in [6.07, 6.45) is -3.14. The molecule has 0 saturated carbocycles. The zero-order valence-electron chi connectivity index (χ0n) is 10.8. The van der Waals surface area contributed by atoms with Gasteiger partial charge in [0.1, 0.15) is 0 Å². The Labute approximate surface area is 142 Å². The van der Waals surface area contributed by atoms with E-state index < -0.39 is 11.2 Å². The summed E-state index contributed by atoms with van der Waals surface area (Å²) in [4.78, 5) is 4.00. The lowest BCUT2D eigenvalue weighted by Crippen LogP contribution is -2.22. The van der Waals surface area contributed by atoms with Gasteiger partial charge in [0.15, 0.2) is 5.01 Å². The summed E-state index contributed by atoms with van der Waals surface area (Å²) in [6, 6.07) is 5.01. The minimum absolute atomic E-state index is 0.353. The van der Waals surface area contributed by atoms with Crippen LogP contribution in [-0.4, -0.2) is 11.5 Å². The number of nitrogens with one attached hydrogen (secondary N) is 1. The Morgan fingerprint density at radius 1 is 1.43 bits per heavy atom. The van der Waals surface area contributed by atoms with Crippen LogP contribution in [0.2, 0.25) is 5.02 Å². The molecular weight excluding hydrogens is 436 g/mol. The molecule has 8 heteroatoms. The summed E-state index contributed by atoms with van der Waals surface area (Å²) in [5.74, 6) is 0. The van der Waals surface area contributed by atoms with E-state index in [9.17, 15) is 13.2 Å². The van der Waals surface area contributed by atoms with E-state index in [4.69, 9.17) is 11.6 Å². The van der Waals surface area contributed by atoms with Crippen molar-refractivity contribution < 1.29 is 13.2 Å². The summed E-state index contributed by atoms with van der Waals surface area (Å²) in [5.41, 5.74) is 0.849. The van der Waals surface area contributed by atoms with Gasteiger partial charge in [0.25, 0.3) is 0 Å². The largest absolute Gasteiger partial charge is 0.443 e. The standard InChI is InChI=1S/C13H11ClF3IN2S/c1-2-19-11(8-5-7(14)3-4-9(8)18)10-6-20-12(21-10)13(15,16)17/h3-6,11,19H,2H2,1H3. The van der Waals surface area contributed by atoms with E-state index in [2.05, 4.69) is 32.9 Å². The third-order valence-electron chi connectivity index (χ3n) is 2.73. The van der Waals surface area contributed by atoms with Gasteiger partial charge in [-0.2, -0.15) is 13.2 Å². The van der Waals surface area contributed by atoms with E-state index in [1.165, 1.54) is 6.20 Å². The Bertz CT molecular complexity index is 630. The van der Waals surface area contributed by atoms with E-state index in [0.29, 0.717) is 27.8 Å². The summed E-state index contributed by atoms with van der Waals surface area (Å²) in [7, 11) is 0. The highest BCUT2D eigenvalue weighted by atomic mass is 127. The molecule has 0 aliphatic rings. The molecule has 0 spiro atoms. The van der Waals surface area contributed by atoms with Gasteiger partial charge in [-0.1, -0.05) is 18.5 Å². The second kappa shape index (κ2) is 6.80. The van der Waals surface area contributed by atoms with E-state index >= 15 is 0 Å². The van der Waals surface area contributed by atoms with Crippen LogP contribution in [0.25, 0.3) is 0 Å². The first kappa shape index (κ1) is 17.0. The van der Waals surface area contributed by atoms with Crippen molar-refractivity contribution in [2.45, 2.75) is 19.1 Å². The van der Waals surface area contributed by atoms with Crippen LogP contribution in [0.3, 0.4) is 0 Å². The van der Waals surface area contributed by atoms with Gasteiger partial charge in [0, 0.05) is 19.7 Å². The van der Waals surface area contributed by atoms with Crippen LogP contribution in [0.5, 0.6) is 0 Å². The fourth-order valence-corrected chi connectivity index (χ4v) is 3.56. The van der Waals surface area contributed by atoms with Gasteiger partial charge >= 0.3 is 6.18 Å². The first-order chi connectivity index (χ1) is 9.82. The number of thiazole rings is 1. The minimum Gasteiger partial charge on any atom is -0.306 e. The molecule has 2 aromatic rings. The second-order valence-corrected chi connectivity index (χ2v) is 6.88. The van der Waals surface area contributed by atoms with Gasteiger partial charge in [-0.05, 0) is 52.9 Å². The van der Waals surface area contributed by atoms with Crippen molar-refractivity contribution in [1.82, 2.24) is 10.3 Å². The molecule has 21 heavy (non-hydrogen) atoms. The lowest BCUT2D eigenvalue weighted by atomic mass is 10.1. The molecule has 1 unspecified atom stereocenters. The molecule has 1 aromatic carbocycles. The van der Waals surface area contributed by atoms with Gasteiger partial charge in [-0.25, -0.2) is 4.98 Å². The van der Waals surface area contributed by atoms with E-state index in [0.717, 1.165) is 9.13 Å². The van der Waals surface area contributed by atoms with Crippen molar-refractivity contribution in [2.75, 3.05) is 6.54 Å². The highest BCUT2D eigenvalue weighted by molar-refractivity contribution is 14.1. The highest BCUT2D eigenvalue weighted by Crippen LogP contribution is 2.37. The summed E-state index contributed by atoms with van der Waals surface area (Å²) >= 11 is 8.80.